The van der Waals surface area contributed by atoms with Crippen molar-refractivity contribution < 1.29 is 23.8 Å². The van der Waals surface area contributed by atoms with Crippen molar-refractivity contribution in [3.05, 3.63) is 58.6 Å². The van der Waals surface area contributed by atoms with Crippen LogP contribution < -0.4 is 9.47 Å². The fourth-order valence-corrected chi connectivity index (χ4v) is 3.92. The third-order valence-corrected chi connectivity index (χ3v) is 5.55. The van der Waals surface area contributed by atoms with E-state index in [0.29, 0.717) is 53.8 Å². The lowest BCUT2D eigenvalue weighted by Crippen LogP contribution is -2.51. The molecule has 0 unspecified atom stereocenters. The number of nitrogens with zero attached hydrogens (tertiary/aromatic N) is 2. The number of hydrogen-bond donors (Lipinski definition) is 0. The number of piperazine rings is 1. The molecule has 4 rings (SSSR count). The first-order chi connectivity index (χ1) is 14.1. The molecule has 0 radical (unpaired) electrons. The highest BCUT2D eigenvalue weighted by Gasteiger charge is 2.34. The van der Waals surface area contributed by atoms with Crippen molar-refractivity contribution in [1.29, 1.82) is 0 Å². The number of halogens is 1. The van der Waals surface area contributed by atoms with Gasteiger partial charge < -0.3 is 19.1 Å². The van der Waals surface area contributed by atoms with E-state index in [9.17, 15) is 9.59 Å². The van der Waals surface area contributed by atoms with Gasteiger partial charge >= 0.3 is 5.97 Å². The van der Waals surface area contributed by atoms with E-state index >= 15 is 0 Å². The van der Waals surface area contributed by atoms with E-state index in [1.54, 1.807) is 29.2 Å². The molecule has 0 aliphatic carbocycles. The Morgan fingerprint density at radius 3 is 2.48 bits per heavy atom. The van der Waals surface area contributed by atoms with E-state index in [1.807, 2.05) is 23.1 Å². The van der Waals surface area contributed by atoms with Crippen LogP contribution >= 0.6 is 11.6 Å². The summed E-state index contributed by atoms with van der Waals surface area (Å²) in [4.78, 5) is 29.1. The molecule has 0 N–H and O–H groups in total. The zero-order valence-electron chi connectivity index (χ0n) is 16.0. The van der Waals surface area contributed by atoms with Gasteiger partial charge in [0.15, 0.2) is 11.5 Å². The number of carbonyl (C=O) groups excluding carboxylic acids is 2. The van der Waals surface area contributed by atoms with Crippen molar-refractivity contribution in [2.24, 2.45) is 0 Å². The Morgan fingerprint density at radius 1 is 1.03 bits per heavy atom. The predicted molar refractivity (Wildman–Crippen MR) is 106 cm³/mol. The summed E-state index contributed by atoms with van der Waals surface area (Å²) in [5.74, 6) is 0.787. The molecule has 0 bridgehead atoms. The molecule has 1 amide bonds. The van der Waals surface area contributed by atoms with Crippen LogP contribution in [-0.2, 0) is 9.53 Å². The lowest BCUT2D eigenvalue weighted by Gasteiger charge is -2.38. The van der Waals surface area contributed by atoms with Crippen LogP contribution in [0.2, 0.25) is 5.02 Å². The van der Waals surface area contributed by atoms with E-state index in [0.717, 1.165) is 0 Å². The normalized spacial score (nSPS) is 17.1. The number of ether oxygens (including phenoxy) is 3. The molecule has 2 aliphatic rings. The monoisotopic (exact) mass is 416 g/mol. The van der Waals surface area contributed by atoms with Gasteiger partial charge in [0.1, 0.15) is 6.04 Å². The molecule has 0 aromatic heterocycles. The summed E-state index contributed by atoms with van der Waals surface area (Å²) < 4.78 is 15.7. The molecule has 2 heterocycles. The minimum Gasteiger partial charge on any atom is -0.468 e. The van der Waals surface area contributed by atoms with Crippen LogP contribution in [0.25, 0.3) is 0 Å². The summed E-state index contributed by atoms with van der Waals surface area (Å²) in [5, 5.41) is 0.516. The summed E-state index contributed by atoms with van der Waals surface area (Å²) in [5.41, 5.74) is 1.26. The van der Waals surface area contributed by atoms with E-state index in [1.165, 1.54) is 7.11 Å². The number of amides is 1. The second-order valence-corrected chi connectivity index (χ2v) is 7.25. The Balaban J connectivity index is 1.47. The number of methoxy groups -OCH3 is 1. The number of carbonyl (C=O) groups is 2. The molecular formula is C21H21ClN2O5. The molecule has 29 heavy (non-hydrogen) atoms. The van der Waals surface area contributed by atoms with E-state index in [-0.39, 0.29) is 18.7 Å². The third kappa shape index (κ3) is 3.88. The van der Waals surface area contributed by atoms with Crippen molar-refractivity contribution in [2.45, 2.75) is 6.04 Å². The van der Waals surface area contributed by atoms with Crippen molar-refractivity contribution in [3.63, 3.8) is 0 Å². The quantitative estimate of drug-likeness (QED) is 0.714. The first-order valence-electron chi connectivity index (χ1n) is 9.33. The number of rotatable bonds is 4. The van der Waals surface area contributed by atoms with Gasteiger partial charge in [0.05, 0.1) is 7.11 Å². The Kier molecular flexibility index (Phi) is 5.60. The lowest BCUT2D eigenvalue weighted by atomic mass is 10.0. The lowest BCUT2D eigenvalue weighted by molar-refractivity contribution is -0.148. The van der Waals surface area contributed by atoms with Gasteiger partial charge in [-0.3, -0.25) is 9.69 Å². The fourth-order valence-electron chi connectivity index (χ4n) is 3.68. The molecule has 0 saturated carbocycles. The largest absolute Gasteiger partial charge is 0.468 e. The zero-order chi connectivity index (χ0) is 20.4. The maximum absolute atomic E-state index is 12.9. The van der Waals surface area contributed by atoms with Gasteiger partial charge in [0.25, 0.3) is 5.91 Å². The highest BCUT2D eigenvalue weighted by Crippen LogP contribution is 2.33. The van der Waals surface area contributed by atoms with Gasteiger partial charge in [-0.2, -0.15) is 0 Å². The molecular weight excluding hydrogens is 396 g/mol. The van der Waals surface area contributed by atoms with Crippen LogP contribution in [-0.4, -0.2) is 61.8 Å². The molecule has 1 saturated heterocycles. The second-order valence-electron chi connectivity index (χ2n) is 6.84. The first-order valence-corrected chi connectivity index (χ1v) is 9.71. The van der Waals surface area contributed by atoms with Crippen molar-refractivity contribution in [1.82, 2.24) is 9.80 Å². The van der Waals surface area contributed by atoms with E-state index in [2.05, 4.69) is 0 Å². The molecule has 1 atom stereocenters. The van der Waals surface area contributed by atoms with Gasteiger partial charge in [-0.1, -0.05) is 29.8 Å². The Hall–Kier alpha value is -2.77. The van der Waals surface area contributed by atoms with Gasteiger partial charge in [-0.25, -0.2) is 4.79 Å². The van der Waals surface area contributed by atoms with Crippen LogP contribution in [0.1, 0.15) is 22.0 Å². The number of hydrogen-bond acceptors (Lipinski definition) is 6. The van der Waals surface area contributed by atoms with Crippen LogP contribution in [0.4, 0.5) is 0 Å². The van der Waals surface area contributed by atoms with Gasteiger partial charge in [-0.15, -0.1) is 0 Å². The fraction of sp³-hybridized carbons (Fsp3) is 0.333. The van der Waals surface area contributed by atoms with E-state index < -0.39 is 6.04 Å². The third-order valence-electron chi connectivity index (χ3n) is 5.21. The summed E-state index contributed by atoms with van der Waals surface area (Å²) in [6.45, 7) is 2.21. The molecule has 8 heteroatoms. The Bertz CT molecular complexity index is 927. The Morgan fingerprint density at radius 2 is 1.76 bits per heavy atom. The maximum Gasteiger partial charge on any atom is 0.327 e. The Labute approximate surface area is 173 Å². The van der Waals surface area contributed by atoms with Crippen LogP contribution in [0.3, 0.4) is 0 Å². The number of benzene rings is 2. The average Bonchev–Trinajstić information content (AvgIpc) is 3.23. The molecule has 2 aromatic rings. The summed E-state index contributed by atoms with van der Waals surface area (Å²) >= 11 is 6.32. The van der Waals surface area contributed by atoms with Crippen LogP contribution in [0, 0.1) is 0 Å². The maximum atomic E-state index is 12.9. The SMILES string of the molecule is COC(=O)[C@@H](c1ccccc1Cl)N1CCN(C(=O)c2ccc3c(c2)OCO3)CC1. The standard InChI is InChI=1S/C21H21ClN2O5/c1-27-21(26)19(15-4-2-3-5-16(15)22)23-8-10-24(11-9-23)20(25)14-6-7-17-18(12-14)29-13-28-17/h2-7,12,19H,8-11,13H2,1H3/t19-/m1/s1. The van der Waals surface area contributed by atoms with Gasteiger partial charge in [0.2, 0.25) is 6.79 Å². The van der Waals surface area contributed by atoms with Gasteiger partial charge in [0, 0.05) is 36.8 Å². The van der Waals surface area contributed by atoms with Crippen molar-refractivity contribution in [2.75, 3.05) is 40.1 Å². The summed E-state index contributed by atoms with van der Waals surface area (Å²) in [7, 11) is 1.37. The molecule has 2 aliphatic heterocycles. The topological polar surface area (TPSA) is 68.3 Å². The molecule has 1 fully saturated rings. The van der Waals surface area contributed by atoms with E-state index in [4.69, 9.17) is 25.8 Å². The summed E-state index contributed by atoms with van der Waals surface area (Å²) in [6, 6.07) is 11.8. The number of fused-ring (bicyclic) bond motifs is 1. The van der Waals surface area contributed by atoms with Crippen LogP contribution in [0.5, 0.6) is 11.5 Å². The predicted octanol–water partition coefficient (Wildman–Crippen LogP) is 2.74. The van der Waals surface area contributed by atoms with Crippen molar-refractivity contribution >= 4 is 23.5 Å². The minimum absolute atomic E-state index is 0.0738. The van der Waals surface area contributed by atoms with Crippen LogP contribution in [0.15, 0.2) is 42.5 Å². The minimum atomic E-state index is -0.600. The second kappa shape index (κ2) is 8.31. The number of esters is 1. The molecule has 7 nitrogen and oxygen atoms in total. The smallest absolute Gasteiger partial charge is 0.327 e. The molecule has 0 spiro atoms. The first kappa shape index (κ1) is 19.5. The highest BCUT2D eigenvalue weighted by atomic mass is 35.5. The summed E-state index contributed by atoms with van der Waals surface area (Å²) in [6.07, 6.45) is 0. The zero-order valence-corrected chi connectivity index (χ0v) is 16.7. The average molecular weight is 417 g/mol. The van der Waals surface area contributed by atoms with Crippen molar-refractivity contribution in [3.8, 4) is 11.5 Å². The van der Waals surface area contributed by atoms with Gasteiger partial charge in [-0.05, 0) is 29.8 Å². The molecule has 2 aromatic carbocycles. The molecule has 152 valence electrons. The highest BCUT2D eigenvalue weighted by molar-refractivity contribution is 6.31.